The van der Waals surface area contributed by atoms with Crippen molar-refractivity contribution < 1.29 is 4.74 Å². The molecule has 19 heavy (non-hydrogen) atoms. The van der Waals surface area contributed by atoms with E-state index in [-0.39, 0.29) is 12.1 Å². The van der Waals surface area contributed by atoms with Crippen molar-refractivity contribution in [2.75, 3.05) is 13.7 Å². The number of rotatable bonds is 3. The number of likely N-dealkylation sites (N-methyl/N-ethyl adjacent to an activating group) is 1. The van der Waals surface area contributed by atoms with Crippen LogP contribution in [0.25, 0.3) is 10.8 Å². The first-order chi connectivity index (χ1) is 9.31. The summed E-state index contributed by atoms with van der Waals surface area (Å²) in [6.45, 7) is 3.13. The highest BCUT2D eigenvalue weighted by atomic mass is 16.5. The van der Waals surface area contributed by atoms with Gasteiger partial charge in [0, 0.05) is 24.4 Å². The van der Waals surface area contributed by atoms with E-state index in [2.05, 4.69) is 41.5 Å². The Balaban J connectivity index is 2.06. The van der Waals surface area contributed by atoms with Crippen LogP contribution in [-0.4, -0.2) is 24.7 Å². The van der Waals surface area contributed by atoms with Gasteiger partial charge in [-0.25, -0.2) is 0 Å². The predicted octanol–water partition coefficient (Wildman–Crippen LogP) is 2.92. The molecule has 1 N–H and O–H groups in total. The summed E-state index contributed by atoms with van der Waals surface area (Å²) in [5.41, 5.74) is 1.24. The fourth-order valence-electron chi connectivity index (χ4n) is 3.03. The minimum Gasteiger partial charge on any atom is -0.376 e. The third-order valence-corrected chi connectivity index (χ3v) is 4.12. The number of hydrogen-bond acceptors (Lipinski definition) is 3. The quantitative estimate of drug-likeness (QED) is 0.917. The Bertz CT molecular complexity index is 564. The highest BCUT2D eigenvalue weighted by Gasteiger charge is 2.33. The van der Waals surface area contributed by atoms with Gasteiger partial charge < -0.3 is 10.1 Å². The first kappa shape index (κ1) is 12.6. The maximum Gasteiger partial charge on any atom is 0.0796 e. The van der Waals surface area contributed by atoms with Crippen molar-refractivity contribution in [1.82, 2.24) is 10.3 Å². The van der Waals surface area contributed by atoms with Crippen LogP contribution >= 0.6 is 0 Å². The van der Waals surface area contributed by atoms with E-state index in [4.69, 9.17) is 4.74 Å². The molecule has 3 atom stereocenters. The largest absolute Gasteiger partial charge is 0.376 e. The van der Waals surface area contributed by atoms with Crippen LogP contribution in [0.1, 0.15) is 24.9 Å². The van der Waals surface area contributed by atoms with Crippen LogP contribution in [0.3, 0.4) is 0 Å². The fraction of sp³-hybridized carbons (Fsp3) is 0.438. The highest BCUT2D eigenvalue weighted by Crippen LogP contribution is 2.33. The molecule has 2 aromatic rings. The molecular weight excluding hydrogens is 236 g/mol. The van der Waals surface area contributed by atoms with Crippen LogP contribution in [-0.2, 0) is 4.74 Å². The van der Waals surface area contributed by atoms with Crippen LogP contribution in [0.15, 0.2) is 36.7 Å². The van der Waals surface area contributed by atoms with E-state index in [0.29, 0.717) is 5.92 Å². The minimum atomic E-state index is 0.205. The molecule has 3 unspecified atom stereocenters. The molecule has 0 aliphatic carbocycles. The van der Waals surface area contributed by atoms with E-state index in [9.17, 15) is 0 Å². The number of ether oxygens (including phenoxy) is 1. The number of hydrogen-bond donors (Lipinski definition) is 1. The number of pyridine rings is 1. The lowest BCUT2D eigenvalue weighted by Gasteiger charge is -2.26. The molecule has 3 nitrogen and oxygen atoms in total. The maximum atomic E-state index is 5.93. The van der Waals surface area contributed by atoms with Gasteiger partial charge in [0.1, 0.15) is 0 Å². The summed E-state index contributed by atoms with van der Waals surface area (Å²) in [4.78, 5) is 4.38. The summed E-state index contributed by atoms with van der Waals surface area (Å²) in [5, 5.41) is 5.87. The van der Waals surface area contributed by atoms with Crippen molar-refractivity contribution in [3.8, 4) is 0 Å². The molecule has 0 saturated carbocycles. The lowest BCUT2D eigenvalue weighted by atomic mass is 9.91. The Morgan fingerprint density at radius 3 is 2.89 bits per heavy atom. The SMILES string of the molecule is CNC(c1cncc2ccccc12)C1OCCC1C. The van der Waals surface area contributed by atoms with Gasteiger partial charge in [0.2, 0.25) is 0 Å². The zero-order chi connectivity index (χ0) is 13.2. The Morgan fingerprint density at radius 1 is 1.32 bits per heavy atom. The second-order valence-corrected chi connectivity index (χ2v) is 5.32. The first-order valence-electron chi connectivity index (χ1n) is 6.93. The number of benzene rings is 1. The molecule has 0 radical (unpaired) electrons. The van der Waals surface area contributed by atoms with E-state index >= 15 is 0 Å². The molecule has 1 aromatic heterocycles. The summed E-state index contributed by atoms with van der Waals surface area (Å²) in [7, 11) is 2.00. The smallest absolute Gasteiger partial charge is 0.0796 e. The third-order valence-electron chi connectivity index (χ3n) is 4.12. The van der Waals surface area contributed by atoms with Crippen molar-refractivity contribution in [3.63, 3.8) is 0 Å². The Morgan fingerprint density at radius 2 is 2.16 bits per heavy atom. The van der Waals surface area contributed by atoms with Gasteiger partial charge in [-0.1, -0.05) is 31.2 Å². The van der Waals surface area contributed by atoms with Gasteiger partial charge in [-0.3, -0.25) is 4.98 Å². The zero-order valence-corrected chi connectivity index (χ0v) is 11.5. The summed E-state index contributed by atoms with van der Waals surface area (Å²) in [5.74, 6) is 0.580. The van der Waals surface area contributed by atoms with Gasteiger partial charge in [-0.05, 0) is 30.3 Å². The third kappa shape index (κ3) is 2.24. The number of nitrogens with one attached hydrogen (secondary N) is 1. The van der Waals surface area contributed by atoms with E-state index in [0.717, 1.165) is 13.0 Å². The van der Waals surface area contributed by atoms with Crippen molar-refractivity contribution in [2.45, 2.75) is 25.5 Å². The topological polar surface area (TPSA) is 34.2 Å². The molecule has 1 aromatic carbocycles. The molecule has 3 rings (SSSR count). The van der Waals surface area contributed by atoms with Gasteiger partial charge in [-0.15, -0.1) is 0 Å². The summed E-state index contributed by atoms with van der Waals surface area (Å²) in [6, 6.07) is 8.61. The lowest BCUT2D eigenvalue weighted by Crippen LogP contribution is -2.32. The van der Waals surface area contributed by atoms with Crippen LogP contribution in [0.2, 0.25) is 0 Å². The molecule has 1 aliphatic rings. The molecule has 1 saturated heterocycles. The molecule has 1 aliphatic heterocycles. The molecule has 0 bridgehead atoms. The molecular formula is C16H20N2O. The molecule has 0 spiro atoms. The maximum absolute atomic E-state index is 5.93. The number of aromatic nitrogens is 1. The van der Waals surface area contributed by atoms with Crippen LogP contribution < -0.4 is 5.32 Å². The van der Waals surface area contributed by atoms with Crippen LogP contribution in [0.5, 0.6) is 0 Å². The average molecular weight is 256 g/mol. The van der Waals surface area contributed by atoms with Gasteiger partial charge in [0.25, 0.3) is 0 Å². The van der Waals surface area contributed by atoms with E-state index in [1.54, 1.807) is 0 Å². The van der Waals surface area contributed by atoms with Crippen molar-refractivity contribution in [3.05, 3.63) is 42.2 Å². The normalized spacial score (nSPS) is 24.7. The second-order valence-electron chi connectivity index (χ2n) is 5.32. The lowest BCUT2D eigenvalue weighted by molar-refractivity contribution is 0.0634. The van der Waals surface area contributed by atoms with Crippen molar-refractivity contribution >= 4 is 10.8 Å². The van der Waals surface area contributed by atoms with Gasteiger partial charge >= 0.3 is 0 Å². The first-order valence-corrected chi connectivity index (χ1v) is 6.93. The Hall–Kier alpha value is -1.45. The molecule has 2 heterocycles. The van der Waals surface area contributed by atoms with E-state index in [1.165, 1.54) is 16.3 Å². The van der Waals surface area contributed by atoms with Crippen LogP contribution in [0, 0.1) is 5.92 Å². The fourth-order valence-corrected chi connectivity index (χ4v) is 3.03. The van der Waals surface area contributed by atoms with Crippen molar-refractivity contribution in [2.24, 2.45) is 5.92 Å². The summed E-state index contributed by atoms with van der Waals surface area (Å²) < 4.78 is 5.93. The van der Waals surface area contributed by atoms with E-state index in [1.807, 2.05) is 19.4 Å². The highest BCUT2D eigenvalue weighted by molar-refractivity contribution is 5.85. The second kappa shape index (κ2) is 5.27. The standard InChI is InChI=1S/C16H20N2O/c1-11-7-8-19-16(11)15(17-2)14-10-18-9-12-5-3-4-6-13(12)14/h3-6,9-11,15-17H,7-8H2,1-2H3. The van der Waals surface area contributed by atoms with Crippen molar-refractivity contribution in [1.29, 1.82) is 0 Å². The molecule has 0 amide bonds. The van der Waals surface area contributed by atoms with Crippen LogP contribution in [0.4, 0.5) is 0 Å². The minimum absolute atomic E-state index is 0.205. The van der Waals surface area contributed by atoms with Gasteiger partial charge in [0.05, 0.1) is 12.1 Å². The number of nitrogens with zero attached hydrogens (tertiary/aromatic N) is 1. The summed E-state index contributed by atoms with van der Waals surface area (Å²) >= 11 is 0. The zero-order valence-electron chi connectivity index (χ0n) is 11.5. The van der Waals surface area contributed by atoms with Gasteiger partial charge in [-0.2, -0.15) is 0 Å². The molecule has 100 valence electrons. The van der Waals surface area contributed by atoms with E-state index < -0.39 is 0 Å². The predicted molar refractivity (Wildman–Crippen MR) is 77.1 cm³/mol. The van der Waals surface area contributed by atoms with Gasteiger partial charge in [0.15, 0.2) is 0 Å². The average Bonchev–Trinajstić information content (AvgIpc) is 2.86. The summed E-state index contributed by atoms with van der Waals surface area (Å²) in [6.07, 6.45) is 5.27. The Labute approximate surface area is 114 Å². The monoisotopic (exact) mass is 256 g/mol. The number of fused-ring (bicyclic) bond motifs is 1. The molecule has 1 fully saturated rings. The molecule has 3 heteroatoms. The Kier molecular flexibility index (Phi) is 3.49.